The standard InChI is InChI=1S/C18H23BrN2O5S/c1-26-18(23)13-6-10-20(11-7-13)17(22)15-12-14(4-5-16(15)19)27(24,25)21-8-2-3-9-21/h4-5,12-13H,2-3,6-11H2,1H3. The SMILES string of the molecule is COC(=O)C1CCN(C(=O)c2cc(S(=O)(=O)N3CCCC3)ccc2Br)CC1. The maximum Gasteiger partial charge on any atom is 0.308 e. The number of nitrogens with zero attached hydrogens (tertiary/aromatic N) is 2. The number of piperidine rings is 1. The highest BCUT2D eigenvalue weighted by Crippen LogP contribution is 2.28. The van der Waals surface area contributed by atoms with Gasteiger partial charge in [0.25, 0.3) is 5.91 Å². The summed E-state index contributed by atoms with van der Waals surface area (Å²) in [6.45, 7) is 1.91. The molecule has 2 aliphatic heterocycles. The number of hydrogen-bond donors (Lipinski definition) is 0. The summed E-state index contributed by atoms with van der Waals surface area (Å²) in [6, 6.07) is 4.59. The zero-order valence-corrected chi connectivity index (χ0v) is 17.6. The third kappa shape index (κ3) is 4.20. The molecule has 9 heteroatoms. The summed E-state index contributed by atoms with van der Waals surface area (Å²) in [5.41, 5.74) is 0.326. The first-order valence-corrected chi connectivity index (χ1v) is 11.2. The maximum absolute atomic E-state index is 12.9. The molecule has 0 radical (unpaired) electrons. The van der Waals surface area contributed by atoms with Crippen molar-refractivity contribution in [3.63, 3.8) is 0 Å². The van der Waals surface area contributed by atoms with Crippen molar-refractivity contribution in [2.24, 2.45) is 5.92 Å². The Bertz CT molecular complexity index is 828. The molecule has 0 unspecified atom stereocenters. The van der Waals surface area contributed by atoms with Crippen LogP contribution in [0.2, 0.25) is 0 Å². The van der Waals surface area contributed by atoms with E-state index in [1.807, 2.05) is 0 Å². The Kier molecular flexibility index (Phi) is 6.22. The van der Waals surface area contributed by atoms with Gasteiger partial charge in [-0.05, 0) is 59.8 Å². The normalized spacial score (nSPS) is 19.3. The fourth-order valence-electron chi connectivity index (χ4n) is 3.56. The summed E-state index contributed by atoms with van der Waals surface area (Å²) < 4.78 is 32.4. The number of benzene rings is 1. The van der Waals surface area contributed by atoms with Gasteiger partial charge in [-0.25, -0.2) is 8.42 Å². The molecule has 2 aliphatic rings. The molecule has 0 spiro atoms. The van der Waals surface area contributed by atoms with E-state index in [1.165, 1.54) is 23.5 Å². The largest absolute Gasteiger partial charge is 0.469 e. The van der Waals surface area contributed by atoms with Crippen molar-refractivity contribution < 1.29 is 22.7 Å². The Balaban J connectivity index is 1.78. The molecule has 27 heavy (non-hydrogen) atoms. The Labute approximate surface area is 167 Å². The molecular formula is C18H23BrN2O5S. The second kappa shape index (κ2) is 8.28. The van der Waals surface area contributed by atoms with Gasteiger partial charge in [0.1, 0.15) is 0 Å². The van der Waals surface area contributed by atoms with Crippen LogP contribution in [0.15, 0.2) is 27.6 Å². The number of rotatable bonds is 4. The van der Waals surface area contributed by atoms with Crippen molar-refractivity contribution in [2.45, 2.75) is 30.6 Å². The van der Waals surface area contributed by atoms with Crippen LogP contribution in [0.4, 0.5) is 0 Å². The van der Waals surface area contributed by atoms with Crippen LogP contribution < -0.4 is 0 Å². The van der Waals surface area contributed by atoms with Gasteiger partial charge in [-0.2, -0.15) is 4.31 Å². The van der Waals surface area contributed by atoms with Crippen LogP contribution in [0.3, 0.4) is 0 Å². The average Bonchev–Trinajstić information content (AvgIpc) is 3.23. The number of amides is 1. The quantitative estimate of drug-likeness (QED) is 0.646. The topological polar surface area (TPSA) is 84.0 Å². The molecule has 0 aromatic heterocycles. The van der Waals surface area contributed by atoms with Crippen molar-refractivity contribution >= 4 is 37.8 Å². The van der Waals surface area contributed by atoms with Crippen molar-refractivity contribution in [3.05, 3.63) is 28.2 Å². The molecule has 0 N–H and O–H groups in total. The predicted octanol–water partition coefficient (Wildman–Crippen LogP) is 2.26. The number of carbonyl (C=O) groups is 2. The minimum absolute atomic E-state index is 0.139. The summed E-state index contributed by atoms with van der Waals surface area (Å²) in [6.07, 6.45) is 2.80. The van der Waals surface area contributed by atoms with E-state index in [4.69, 9.17) is 4.74 Å². The second-order valence-corrected chi connectivity index (χ2v) is 9.63. The molecule has 2 fully saturated rings. The third-order valence-electron chi connectivity index (χ3n) is 5.19. The first-order valence-electron chi connectivity index (χ1n) is 9.01. The molecule has 0 atom stereocenters. The fraction of sp³-hybridized carbons (Fsp3) is 0.556. The number of carbonyl (C=O) groups excluding carboxylic acids is 2. The predicted molar refractivity (Wildman–Crippen MR) is 103 cm³/mol. The number of esters is 1. The summed E-state index contributed by atoms with van der Waals surface area (Å²) in [7, 11) is -2.22. The zero-order chi connectivity index (χ0) is 19.6. The van der Waals surface area contributed by atoms with E-state index < -0.39 is 10.0 Å². The number of likely N-dealkylation sites (tertiary alicyclic amines) is 1. The number of ether oxygens (including phenoxy) is 1. The van der Waals surface area contributed by atoms with Gasteiger partial charge >= 0.3 is 5.97 Å². The minimum Gasteiger partial charge on any atom is -0.469 e. The minimum atomic E-state index is -3.59. The van der Waals surface area contributed by atoms with Gasteiger partial charge in [-0.1, -0.05) is 0 Å². The second-order valence-electron chi connectivity index (χ2n) is 6.84. The molecule has 1 amide bonds. The van der Waals surface area contributed by atoms with Gasteiger partial charge in [-0.15, -0.1) is 0 Å². The Morgan fingerprint density at radius 2 is 1.74 bits per heavy atom. The summed E-state index contributed by atoms with van der Waals surface area (Å²) >= 11 is 3.36. The number of sulfonamides is 1. The van der Waals surface area contributed by atoms with Crippen LogP contribution in [-0.2, 0) is 19.6 Å². The monoisotopic (exact) mass is 458 g/mol. The lowest BCUT2D eigenvalue weighted by Gasteiger charge is -2.31. The Morgan fingerprint density at radius 1 is 1.11 bits per heavy atom. The molecule has 1 aromatic carbocycles. The zero-order valence-electron chi connectivity index (χ0n) is 15.2. The van der Waals surface area contributed by atoms with Crippen LogP contribution in [0.5, 0.6) is 0 Å². The van der Waals surface area contributed by atoms with Gasteiger partial charge in [0, 0.05) is 30.7 Å². The fourth-order valence-corrected chi connectivity index (χ4v) is 5.52. The molecule has 2 saturated heterocycles. The van der Waals surface area contributed by atoms with E-state index in [2.05, 4.69) is 15.9 Å². The van der Waals surface area contributed by atoms with E-state index in [-0.39, 0.29) is 22.7 Å². The van der Waals surface area contributed by atoms with Crippen molar-refractivity contribution in [1.82, 2.24) is 9.21 Å². The van der Waals surface area contributed by atoms with Crippen LogP contribution in [-0.4, -0.2) is 62.8 Å². The highest BCUT2D eigenvalue weighted by Gasteiger charge is 2.31. The molecular weight excluding hydrogens is 436 g/mol. The van der Waals surface area contributed by atoms with Crippen molar-refractivity contribution in [2.75, 3.05) is 33.3 Å². The molecule has 7 nitrogen and oxygen atoms in total. The van der Waals surface area contributed by atoms with Gasteiger partial charge in [0.2, 0.25) is 10.0 Å². The first-order chi connectivity index (χ1) is 12.8. The average molecular weight is 459 g/mol. The molecule has 3 rings (SSSR count). The summed E-state index contributed by atoms with van der Waals surface area (Å²) in [4.78, 5) is 26.4. The third-order valence-corrected chi connectivity index (χ3v) is 7.77. The molecule has 0 aliphatic carbocycles. The van der Waals surface area contributed by atoms with Crippen molar-refractivity contribution in [1.29, 1.82) is 0 Å². The van der Waals surface area contributed by atoms with Crippen molar-refractivity contribution in [3.8, 4) is 0 Å². The van der Waals surface area contributed by atoms with E-state index in [9.17, 15) is 18.0 Å². The number of hydrogen-bond acceptors (Lipinski definition) is 5. The highest BCUT2D eigenvalue weighted by molar-refractivity contribution is 9.10. The van der Waals surface area contributed by atoms with E-state index in [0.717, 1.165) is 12.8 Å². The highest BCUT2D eigenvalue weighted by atomic mass is 79.9. The smallest absolute Gasteiger partial charge is 0.308 e. The molecule has 0 bridgehead atoms. The first kappa shape index (κ1) is 20.3. The summed E-state index contributed by atoms with van der Waals surface area (Å²) in [5.74, 6) is -0.671. The van der Waals surface area contributed by atoms with Gasteiger partial charge in [-0.3, -0.25) is 9.59 Å². The number of halogens is 1. The van der Waals surface area contributed by atoms with E-state index >= 15 is 0 Å². The van der Waals surface area contributed by atoms with Gasteiger partial charge < -0.3 is 9.64 Å². The van der Waals surface area contributed by atoms with Crippen LogP contribution in [0.1, 0.15) is 36.0 Å². The van der Waals surface area contributed by atoms with Crippen LogP contribution >= 0.6 is 15.9 Å². The molecule has 1 aromatic rings. The van der Waals surface area contributed by atoms with Crippen LogP contribution in [0.25, 0.3) is 0 Å². The summed E-state index contributed by atoms with van der Waals surface area (Å²) in [5, 5.41) is 0. The molecule has 148 valence electrons. The lowest BCUT2D eigenvalue weighted by Crippen LogP contribution is -2.40. The molecule has 0 saturated carbocycles. The lowest BCUT2D eigenvalue weighted by molar-refractivity contribution is -0.146. The van der Waals surface area contributed by atoms with E-state index in [1.54, 1.807) is 11.0 Å². The van der Waals surface area contributed by atoms with E-state index in [0.29, 0.717) is 49.1 Å². The molecule has 2 heterocycles. The maximum atomic E-state index is 12.9. The Hall–Kier alpha value is -1.45. The van der Waals surface area contributed by atoms with Gasteiger partial charge in [0.15, 0.2) is 0 Å². The van der Waals surface area contributed by atoms with Gasteiger partial charge in [0.05, 0.1) is 23.5 Å². The van der Waals surface area contributed by atoms with Crippen LogP contribution in [0, 0.1) is 5.92 Å². The Morgan fingerprint density at radius 3 is 2.33 bits per heavy atom. The number of methoxy groups -OCH3 is 1. The lowest BCUT2D eigenvalue weighted by atomic mass is 9.96.